The smallest absolute Gasteiger partial charge is 0.306 e. The van der Waals surface area contributed by atoms with Crippen molar-refractivity contribution in [3.05, 3.63) is 85.1 Å². The van der Waals surface area contributed by atoms with Crippen molar-refractivity contribution in [1.29, 1.82) is 0 Å². The first-order valence-corrected chi connectivity index (χ1v) is 34.1. The van der Waals surface area contributed by atoms with Gasteiger partial charge in [0.1, 0.15) is 13.2 Å². The van der Waals surface area contributed by atoms with E-state index in [0.29, 0.717) is 19.3 Å². The monoisotopic (exact) mass is 1100 g/mol. The van der Waals surface area contributed by atoms with E-state index < -0.39 is 6.10 Å². The molecule has 79 heavy (non-hydrogen) atoms. The molecule has 0 fully saturated rings. The maximum atomic E-state index is 12.9. The van der Waals surface area contributed by atoms with Gasteiger partial charge in [0.15, 0.2) is 6.10 Å². The van der Waals surface area contributed by atoms with E-state index in [0.717, 1.165) is 103 Å². The molecule has 0 aliphatic rings. The molecule has 0 bridgehead atoms. The van der Waals surface area contributed by atoms with Gasteiger partial charge in [0.05, 0.1) is 0 Å². The summed E-state index contributed by atoms with van der Waals surface area (Å²) in [5.74, 6) is -0.886. The summed E-state index contributed by atoms with van der Waals surface area (Å²) in [6, 6.07) is 0. The minimum absolute atomic E-state index is 0.0826. The van der Waals surface area contributed by atoms with Gasteiger partial charge in [-0.3, -0.25) is 14.4 Å². The van der Waals surface area contributed by atoms with Gasteiger partial charge < -0.3 is 14.2 Å². The SMILES string of the molecule is CC/C=C\C/C=C\C/C=C\C/C=C\CCCCCCCCC(=O)OC(COC(=O)CCCCCCCCCCC/C=C\C/C=C\CCCCC)COC(=O)CCCCCCCCCCCCC/C=C\CCCCCCCCCC. The molecular formula is C73H128O6. The molecule has 0 aromatic carbocycles. The predicted molar refractivity (Wildman–Crippen MR) is 344 cm³/mol. The average molecular weight is 1100 g/mol. The molecule has 0 aliphatic heterocycles. The fraction of sp³-hybridized carbons (Fsp3) is 0.767. The van der Waals surface area contributed by atoms with Crippen LogP contribution in [0.15, 0.2) is 85.1 Å². The third-order valence-corrected chi connectivity index (χ3v) is 14.9. The molecule has 0 saturated carbocycles. The van der Waals surface area contributed by atoms with Crippen LogP contribution in [-0.2, 0) is 28.6 Å². The fourth-order valence-corrected chi connectivity index (χ4v) is 9.76. The van der Waals surface area contributed by atoms with Crippen molar-refractivity contribution in [2.45, 2.75) is 348 Å². The summed E-state index contributed by atoms with van der Waals surface area (Å²) in [5.41, 5.74) is 0. The van der Waals surface area contributed by atoms with Gasteiger partial charge in [-0.1, -0.05) is 292 Å². The third-order valence-electron chi connectivity index (χ3n) is 14.9. The van der Waals surface area contributed by atoms with Crippen LogP contribution in [0.2, 0.25) is 0 Å². The Kier molecular flexibility index (Phi) is 64.2. The molecule has 456 valence electrons. The number of carbonyl (C=O) groups excluding carboxylic acids is 3. The minimum atomic E-state index is -0.789. The van der Waals surface area contributed by atoms with E-state index in [1.54, 1.807) is 0 Å². The van der Waals surface area contributed by atoms with Crippen LogP contribution in [0.3, 0.4) is 0 Å². The van der Waals surface area contributed by atoms with Gasteiger partial charge in [0.25, 0.3) is 0 Å². The maximum absolute atomic E-state index is 12.9. The highest BCUT2D eigenvalue weighted by atomic mass is 16.6. The Labute approximate surface area is 490 Å². The second-order valence-corrected chi connectivity index (χ2v) is 22.7. The summed E-state index contributed by atoms with van der Waals surface area (Å²) >= 11 is 0. The highest BCUT2D eigenvalue weighted by Crippen LogP contribution is 2.17. The largest absolute Gasteiger partial charge is 0.462 e. The van der Waals surface area contributed by atoms with E-state index >= 15 is 0 Å². The normalized spacial score (nSPS) is 12.6. The Morgan fingerprint density at radius 3 is 0.810 bits per heavy atom. The van der Waals surface area contributed by atoms with Crippen LogP contribution in [0.1, 0.15) is 342 Å². The van der Waals surface area contributed by atoms with E-state index in [9.17, 15) is 14.4 Å². The Bertz CT molecular complexity index is 1500. The number of esters is 3. The third kappa shape index (κ3) is 65.3. The van der Waals surface area contributed by atoms with E-state index in [1.807, 2.05) is 0 Å². The lowest BCUT2D eigenvalue weighted by molar-refractivity contribution is -0.167. The summed E-state index contributed by atoms with van der Waals surface area (Å²) in [4.78, 5) is 38.4. The number of ether oxygens (including phenoxy) is 3. The average Bonchev–Trinajstić information content (AvgIpc) is 3.45. The van der Waals surface area contributed by atoms with Crippen molar-refractivity contribution in [2.75, 3.05) is 13.2 Å². The molecule has 0 saturated heterocycles. The minimum Gasteiger partial charge on any atom is -0.462 e. The molecule has 6 nitrogen and oxygen atoms in total. The topological polar surface area (TPSA) is 78.9 Å². The Morgan fingerprint density at radius 2 is 0.494 bits per heavy atom. The standard InChI is InChI=1S/C73H128O6/c1-4-7-10-13-16-19-22-25-28-31-34-35-36-37-40-42-45-48-51-54-57-60-63-66-72(75)78-69-70(79-73(76)67-64-61-58-55-52-49-46-43-39-33-30-27-24-21-18-15-12-9-6-3)68-77-71(74)65-62-59-56-53-50-47-44-41-38-32-29-26-23-20-17-14-11-8-5-2/h9,12,17-18,20-21,26-27,29-31,34,39,43,70H,4-8,10-11,13-16,19,22-25,28,32-33,35-38,40-42,44-69H2,1-3H3/b12-9-,20-17-,21-18-,29-26-,30-27-,34-31-,43-39-. The Balaban J connectivity index is 4.38. The predicted octanol–water partition coefficient (Wildman–Crippen LogP) is 23.4. The summed E-state index contributed by atoms with van der Waals surface area (Å²) in [5, 5.41) is 0. The first-order valence-electron chi connectivity index (χ1n) is 34.1. The van der Waals surface area contributed by atoms with Gasteiger partial charge in [0, 0.05) is 19.3 Å². The molecule has 1 atom stereocenters. The second kappa shape index (κ2) is 67.1. The molecule has 1 unspecified atom stereocenters. The number of unbranched alkanes of at least 4 members (excludes halogenated alkanes) is 37. The zero-order valence-corrected chi connectivity index (χ0v) is 52.4. The maximum Gasteiger partial charge on any atom is 0.306 e. The van der Waals surface area contributed by atoms with Crippen molar-refractivity contribution in [3.63, 3.8) is 0 Å². The van der Waals surface area contributed by atoms with Gasteiger partial charge in [-0.15, -0.1) is 0 Å². The molecule has 0 aliphatic carbocycles. The highest BCUT2D eigenvalue weighted by Gasteiger charge is 2.19. The van der Waals surface area contributed by atoms with Crippen molar-refractivity contribution in [3.8, 4) is 0 Å². The molecule has 6 heteroatoms. The van der Waals surface area contributed by atoms with Crippen LogP contribution in [0.25, 0.3) is 0 Å². The van der Waals surface area contributed by atoms with E-state index in [1.165, 1.54) is 199 Å². The van der Waals surface area contributed by atoms with Gasteiger partial charge >= 0.3 is 17.9 Å². The molecule has 0 aromatic heterocycles. The van der Waals surface area contributed by atoms with E-state index in [-0.39, 0.29) is 31.1 Å². The van der Waals surface area contributed by atoms with Crippen molar-refractivity contribution >= 4 is 17.9 Å². The number of allylic oxidation sites excluding steroid dienone is 14. The quantitative estimate of drug-likeness (QED) is 0.0261. The van der Waals surface area contributed by atoms with Gasteiger partial charge in [0.2, 0.25) is 0 Å². The molecular weight excluding hydrogens is 973 g/mol. The second-order valence-electron chi connectivity index (χ2n) is 22.7. The van der Waals surface area contributed by atoms with Crippen molar-refractivity contribution in [2.24, 2.45) is 0 Å². The van der Waals surface area contributed by atoms with E-state index in [2.05, 4.69) is 106 Å². The number of hydrogen-bond donors (Lipinski definition) is 0. The summed E-state index contributed by atoms with van der Waals surface area (Å²) in [6.07, 6.45) is 88.8. The number of rotatable bonds is 62. The molecule has 0 rings (SSSR count). The first-order chi connectivity index (χ1) is 39.0. The first kappa shape index (κ1) is 75.6. The van der Waals surface area contributed by atoms with Crippen LogP contribution in [-0.4, -0.2) is 37.2 Å². The van der Waals surface area contributed by atoms with Crippen LogP contribution < -0.4 is 0 Å². The van der Waals surface area contributed by atoms with Gasteiger partial charge in [-0.05, 0) is 116 Å². The Hall–Kier alpha value is -3.41. The lowest BCUT2D eigenvalue weighted by atomic mass is 10.0. The summed E-state index contributed by atoms with van der Waals surface area (Å²) in [6.45, 7) is 6.53. The fourth-order valence-electron chi connectivity index (χ4n) is 9.76. The molecule has 0 aromatic rings. The van der Waals surface area contributed by atoms with Crippen LogP contribution in [0.5, 0.6) is 0 Å². The molecule has 0 heterocycles. The molecule has 0 amide bonds. The molecule has 0 spiro atoms. The number of hydrogen-bond acceptors (Lipinski definition) is 6. The van der Waals surface area contributed by atoms with Crippen molar-refractivity contribution in [1.82, 2.24) is 0 Å². The van der Waals surface area contributed by atoms with Crippen LogP contribution in [0.4, 0.5) is 0 Å². The summed E-state index contributed by atoms with van der Waals surface area (Å²) < 4.78 is 17.0. The lowest BCUT2D eigenvalue weighted by Gasteiger charge is -2.18. The summed E-state index contributed by atoms with van der Waals surface area (Å²) in [7, 11) is 0. The van der Waals surface area contributed by atoms with Gasteiger partial charge in [-0.25, -0.2) is 0 Å². The molecule has 0 N–H and O–H groups in total. The van der Waals surface area contributed by atoms with Gasteiger partial charge in [-0.2, -0.15) is 0 Å². The van der Waals surface area contributed by atoms with Crippen LogP contribution >= 0.6 is 0 Å². The van der Waals surface area contributed by atoms with Crippen molar-refractivity contribution < 1.29 is 28.6 Å². The Morgan fingerprint density at radius 1 is 0.266 bits per heavy atom. The zero-order chi connectivity index (χ0) is 57.1. The highest BCUT2D eigenvalue weighted by molar-refractivity contribution is 5.71. The lowest BCUT2D eigenvalue weighted by Crippen LogP contribution is -2.30. The van der Waals surface area contributed by atoms with Crippen LogP contribution in [0, 0.1) is 0 Å². The molecule has 0 radical (unpaired) electrons. The number of carbonyl (C=O) groups is 3. The zero-order valence-electron chi connectivity index (χ0n) is 52.4. The van der Waals surface area contributed by atoms with E-state index in [4.69, 9.17) is 14.2 Å².